The van der Waals surface area contributed by atoms with Crippen LogP contribution in [0.5, 0.6) is 0 Å². The lowest BCUT2D eigenvalue weighted by atomic mass is 10.1. The standard InChI is InChI=1S/C13H17N3OS/c1-13(2)5-9(13)7-16-12(17)10-4-3-8(6-15-10)11(14)18/h3-4,6,9H,5,7H2,1-2H3,(H2,14,18)(H,16,17). The summed E-state index contributed by atoms with van der Waals surface area (Å²) < 4.78 is 0. The Morgan fingerprint density at radius 3 is 2.72 bits per heavy atom. The van der Waals surface area contributed by atoms with Crippen molar-refractivity contribution in [1.29, 1.82) is 0 Å². The lowest BCUT2D eigenvalue weighted by Gasteiger charge is -2.06. The topological polar surface area (TPSA) is 68.0 Å². The van der Waals surface area contributed by atoms with Crippen LogP contribution in [0.2, 0.25) is 0 Å². The van der Waals surface area contributed by atoms with E-state index in [0.717, 1.165) is 0 Å². The van der Waals surface area contributed by atoms with E-state index in [1.54, 1.807) is 12.1 Å². The summed E-state index contributed by atoms with van der Waals surface area (Å²) in [6.07, 6.45) is 2.69. The minimum Gasteiger partial charge on any atom is -0.389 e. The van der Waals surface area contributed by atoms with E-state index < -0.39 is 0 Å². The molecule has 0 radical (unpaired) electrons. The van der Waals surface area contributed by atoms with Gasteiger partial charge in [-0.3, -0.25) is 9.78 Å². The van der Waals surface area contributed by atoms with Crippen molar-refractivity contribution in [3.63, 3.8) is 0 Å². The molecule has 1 aromatic heterocycles. The maximum absolute atomic E-state index is 11.8. The average molecular weight is 263 g/mol. The highest BCUT2D eigenvalue weighted by Gasteiger charge is 2.45. The first-order valence-corrected chi connectivity index (χ1v) is 6.35. The second-order valence-electron chi connectivity index (χ2n) is 5.40. The van der Waals surface area contributed by atoms with Crippen LogP contribution in [0.1, 0.15) is 36.3 Å². The van der Waals surface area contributed by atoms with Crippen LogP contribution in [0.3, 0.4) is 0 Å². The van der Waals surface area contributed by atoms with E-state index in [9.17, 15) is 4.79 Å². The normalized spacial score (nSPS) is 20.2. The molecule has 1 aliphatic rings. The van der Waals surface area contributed by atoms with E-state index in [1.165, 1.54) is 12.6 Å². The van der Waals surface area contributed by atoms with Crippen LogP contribution in [0.25, 0.3) is 0 Å². The predicted octanol–water partition coefficient (Wildman–Crippen LogP) is 1.49. The first-order valence-electron chi connectivity index (χ1n) is 5.94. The first-order chi connectivity index (χ1) is 8.40. The summed E-state index contributed by atoms with van der Waals surface area (Å²) in [5, 5.41) is 2.90. The Bertz CT molecular complexity index is 482. The molecule has 1 aromatic rings. The van der Waals surface area contributed by atoms with Crippen molar-refractivity contribution in [3.8, 4) is 0 Å². The van der Waals surface area contributed by atoms with Crippen molar-refractivity contribution in [1.82, 2.24) is 10.3 Å². The van der Waals surface area contributed by atoms with Crippen LogP contribution in [0.4, 0.5) is 0 Å². The minimum atomic E-state index is -0.146. The van der Waals surface area contributed by atoms with Crippen molar-refractivity contribution in [2.24, 2.45) is 17.1 Å². The molecule has 1 atom stereocenters. The van der Waals surface area contributed by atoms with Gasteiger partial charge in [0.2, 0.25) is 0 Å². The number of pyridine rings is 1. The van der Waals surface area contributed by atoms with Crippen molar-refractivity contribution in [2.75, 3.05) is 6.54 Å². The van der Waals surface area contributed by atoms with Gasteiger partial charge in [0.15, 0.2) is 0 Å². The Hall–Kier alpha value is -1.49. The van der Waals surface area contributed by atoms with Gasteiger partial charge in [-0.15, -0.1) is 0 Å². The highest BCUT2D eigenvalue weighted by Crippen LogP contribution is 2.50. The molecule has 0 saturated heterocycles. The molecule has 1 unspecified atom stereocenters. The monoisotopic (exact) mass is 263 g/mol. The van der Waals surface area contributed by atoms with Gasteiger partial charge in [-0.25, -0.2) is 0 Å². The third kappa shape index (κ3) is 2.85. The molecule has 3 N–H and O–H groups in total. The largest absolute Gasteiger partial charge is 0.389 e. The predicted molar refractivity (Wildman–Crippen MR) is 74.3 cm³/mol. The molecule has 5 heteroatoms. The quantitative estimate of drug-likeness (QED) is 0.808. The van der Waals surface area contributed by atoms with Crippen LogP contribution >= 0.6 is 12.2 Å². The zero-order valence-corrected chi connectivity index (χ0v) is 11.4. The van der Waals surface area contributed by atoms with Crippen LogP contribution in [0, 0.1) is 11.3 Å². The zero-order valence-electron chi connectivity index (χ0n) is 10.6. The third-order valence-electron chi connectivity index (χ3n) is 3.51. The smallest absolute Gasteiger partial charge is 0.269 e. The lowest BCUT2D eigenvalue weighted by molar-refractivity contribution is 0.0945. The number of nitrogens with two attached hydrogens (primary N) is 1. The summed E-state index contributed by atoms with van der Waals surface area (Å²) in [5.74, 6) is 0.435. The fourth-order valence-corrected chi connectivity index (χ4v) is 2.03. The maximum Gasteiger partial charge on any atom is 0.269 e. The number of nitrogens with zero attached hydrogens (tertiary/aromatic N) is 1. The molecule has 1 aliphatic carbocycles. The highest BCUT2D eigenvalue weighted by molar-refractivity contribution is 7.80. The van der Waals surface area contributed by atoms with Gasteiger partial charge in [0.25, 0.3) is 5.91 Å². The molecule has 0 spiro atoms. The van der Waals surface area contributed by atoms with Gasteiger partial charge in [0.05, 0.1) is 0 Å². The Balaban J connectivity index is 1.91. The van der Waals surface area contributed by atoms with Gasteiger partial charge < -0.3 is 11.1 Å². The van der Waals surface area contributed by atoms with Gasteiger partial charge in [-0.2, -0.15) is 0 Å². The number of rotatable bonds is 4. The molecule has 0 aliphatic heterocycles. The Kier molecular flexibility index (Phi) is 3.34. The van der Waals surface area contributed by atoms with Crippen LogP contribution in [-0.4, -0.2) is 22.4 Å². The van der Waals surface area contributed by atoms with E-state index in [-0.39, 0.29) is 10.9 Å². The Morgan fingerprint density at radius 1 is 1.61 bits per heavy atom. The molecule has 0 aromatic carbocycles. The third-order valence-corrected chi connectivity index (χ3v) is 3.74. The molecule has 1 amide bonds. The summed E-state index contributed by atoms with van der Waals surface area (Å²) in [6.45, 7) is 5.13. The summed E-state index contributed by atoms with van der Waals surface area (Å²) in [5.41, 5.74) is 6.91. The van der Waals surface area contributed by atoms with Crippen molar-refractivity contribution >= 4 is 23.1 Å². The lowest BCUT2D eigenvalue weighted by Crippen LogP contribution is -2.27. The van der Waals surface area contributed by atoms with Crippen molar-refractivity contribution in [2.45, 2.75) is 20.3 Å². The van der Waals surface area contributed by atoms with Crippen molar-refractivity contribution in [3.05, 3.63) is 29.6 Å². The van der Waals surface area contributed by atoms with Gasteiger partial charge >= 0.3 is 0 Å². The molecule has 2 rings (SSSR count). The van der Waals surface area contributed by atoms with Crippen LogP contribution in [-0.2, 0) is 0 Å². The second-order valence-corrected chi connectivity index (χ2v) is 5.84. The van der Waals surface area contributed by atoms with E-state index in [2.05, 4.69) is 24.1 Å². The molecular formula is C13H17N3OS. The number of aromatic nitrogens is 1. The summed E-state index contributed by atoms with van der Waals surface area (Å²) in [7, 11) is 0. The fourth-order valence-electron chi connectivity index (χ4n) is 1.90. The van der Waals surface area contributed by atoms with E-state index in [4.69, 9.17) is 18.0 Å². The number of hydrogen-bond donors (Lipinski definition) is 2. The number of thiocarbonyl (C=S) groups is 1. The average Bonchev–Trinajstić information content (AvgIpc) is 2.94. The Labute approximate surface area is 112 Å². The first kappa shape index (κ1) is 13.0. The molecular weight excluding hydrogens is 246 g/mol. The molecule has 1 fully saturated rings. The molecule has 18 heavy (non-hydrogen) atoms. The zero-order chi connectivity index (χ0) is 13.3. The highest BCUT2D eigenvalue weighted by atomic mass is 32.1. The van der Waals surface area contributed by atoms with Gasteiger partial charge in [0.1, 0.15) is 10.7 Å². The molecule has 4 nitrogen and oxygen atoms in total. The van der Waals surface area contributed by atoms with E-state index in [0.29, 0.717) is 29.1 Å². The summed E-state index contributed by atoms with van der Waals surface area (Å²) in [4.78, 5) is 16.2. The van der Waals surface area contributed by atoms with Gasteiger partial charge in [0, 0.05) is 18.3 Å². The SMILES string of the molecule is CC1(C)CC1CNC(=O)c1ccc(C(N)=S)cn1. The maximum atomic E-state index is 11.8. The molecule has 1 saturated carbocycles. The summed E-state index contributed by atoms with van der Waals surface area (Å²) >= 11 is 4.83. The van der Waals surface area contributed by atoms with E-state index in [1.807, 2.05) is 0 Å². The number of nitrogens with one attached hydrogen (secondary N) is 1. The van der Waals surface area contributed by atoms with Crippen molar-refractivity contribution < 1.29 is 4.79 Å². The second kappa shape index (κ2) is 4.65. The number of hydrogen-bond acceptors (Lipinski definition) is 3. The fraction of sp³-hybridized carbons (Fsp3) is 0.462. The number of carbonyl (C=O) groups is 1. The molecule has 96 valence electrons. The number of amides is 1. The van der Waals surface area contributed by atoms with Crippen LogP contribution in [0.15, 0.2) is 18.3 Å². The van der Waals surface area contributed by atoms with E-state index >= 15 is 0 Å². The summed E-state index contributed by atoms with van der Waals surface area (Å²) in [6, 6.07) is 3.35. The molecule has 0 bridgehead atoms. The van der Waals surface area contributed by atoms with Gasteiger partial charge in [-0.1, -0.05) is 26.1 Å². The minimum absolute atomic E-state index is 0.146. The van der Waals surface area contributed by atoms with Crippen LogP contribution < -0.4 is 11.1 Å². The Morgan fingerprint density at radius 2 is 2.28 bits per heavy atom. The number of carbonyl (C=O) groups excluding carboxylic acids is 1. The van der Waals surface area contributed by atoms with Gasteiger partial charge in [-0.05, 0) is 29.9 Å². The molecule has 1 heterocycles.